The highest BCUT2D eigenvalue weighted by molar-refractivity contribution is 7.90. The predicted molar refractivity (Wildman–Crippen MR) is 87.1 cm³/mol. The number of hydrogen-bond acceptors (Lipinski definition) is 4. The Morgan fingerprint density at radius 1 is 1.43 bits per heavy atom. The van der Waals surface area contributed by atoms with Gasteiger partial charge in [-0.1, -0.05) is 13.8 Å². The molecule has 6 nitrogen and oxygen atoms in total. The van der Waals surface area contributed by atoms with E-state index in [4.69, 9.17) is 0 Å². The number of nitrogens with zero attached hydrogens (tertiary/aromatic N) is 1. The topological polar surface area (TPSA) is 78.5 Å². The lowest BCUT2D eigenvalue weighted by molar-refractivity contribution is -0.127. The van der Waals surface area contributed by atoms with Crippen molar-refractivity contribution in [1.82, 2.24) is 14.9 Å². The molecule has 8 heteroatoms. The third kappa shape index (κ3) is 5.39. The second-order valence-electron chi connectivity index (χ2n) is 6.37. The molecule has 1 aliphatic heterocycles. The number of carbonyl (C=O) groups is 1. The van der Waals surface area contributed by atoms with E-state index >= 15 is 0 Å². The standard InChI is InChI=1S/C13H27N3O3S.ClH/c1-10(12(17)16(4)5)20(18,19)15-9-11-13(2,3)7-6-8-14-11;/h10-11,14-15H,6-9H2,1-5H3;1H. The fourth-order valence-corrected chi connectivity index (χ4v) is 3.57. The summed E-state index contributed by atoms with van der Waals surface area (Å²) >= 11 is 0. The highest BCUT2D eigenvalue weighted by Crippen LogP contribution is 2.29. The highest BCUT2D eigenvalue weighted by Gasteiger charge is 2.35. The summed E-state index contributed by atoms with van der Waals surface area (Å²) in [6.07, 6.45) is 2.17. The maximum atomic E-state index is 12.1. The van der Waals surface area contributed by atoms with Crippen molar-refractivity contribution in [3.05, 3.63) is 0 Å². The molecular formula is C13H28ClN3O3S. The summed E-state index contributed by atoms with van der Waals surface area (Å²) < 4.78 is 26.9. The number of piperidine rings is 1. The SMILES string of the molecule is CC(C(=O)N(C)C)S(=O)(=O)NCC1NCCCC1(C)C.Cl. The van der Waals surface area contributed by atoms with Gasteiger partial charge in [-0.05, 0) is 31.7 Å². The molecule has 0 aliphatic carbocycles. The van der Waals surface area contributed by atoms with Crippen LogP contribution in [0.15, 0.2) is 0 Å². The van der Waals surface area contributed by atoms with Crippen LogP contribution in [-0.2, 0) is 14.8 Å². The predicted octanol–water partition coefficient (Wildman–Crippen LogP) is 0.583. The summed E-state index contributed by atoms with van der Waals surface area (Å²) in [5, 5.41) is 2.29. The van der Waals surface area contributed by atoms with Crippen LogP contribution >= 0.6 is 12.4 Å². The highest BCUT2D eigenvalue weighted by atomic mass is 35.5. The molecule has 0 aromatic carbocycles. The number of sulfonamides is 1. The summed E-state index contributed by atoms with van der Waals surface area (Å²) in [7, 11) is -0.524. The van der Waals surface area contributed by atoms with Crippen molar-refractivity contribution in [2.45, 2.75) is 44.9 Å². The van der Waals surface area contributed by atoms with E-state index in [0.717, 1.165) is 19.4 Å². The lowest BCUT2D eigenvalue weighted by Crippen LogP contribution is -2.54. The second kappa shape index (κ2) is 7.76. The third-order valence-electron chi connectivity index (χ3n) is 4.07. The Morgan fingerprint density at radius 3 is 2.48 bits per heavy atom. The second-order valence-corrected chi connectivity index (χ2v) is 8.45. The number of rotatable bonds is 5. The van der Waals surface area contributed by atoms with Gasteiger partial charge in [-0.15, -0.1) is 12.4 Å². The van der Waals surface area contributed by atoms with Crippen LogP contribution in [0.1, 0.15) is 33.6 Å². The zero-order chi connectivity index (χ0) is 15.6. The number of carbonyl (C=O) groups excluding carboxylic acids is 1. The normalized spacial score (nSPS) is 23.0. The van der Waals surface area contributed by atoms with Crippen LogP contribution in [-0.4, -0.2) is 57.7 Å². The molecule has 1 aliphatic rings. The van der Waals surface area contributed by atoms with Crippen molar-refractivity contribution < 1.29 is 13.2 Å². The smallest absolute Gasteiger partial charge is 0.241 e. The number of nitrogens with one attached hydrogen (secondary N) is 2. The molecular weight excluding hydrogens is 314 g/mol. The maximum absolute atomic E-state index is 12.1. The molecule has 21 heavy (non-hydrogen) atoms. The van der Waals surface area contributed by atoms with Crippen LogP contribution in [0.2, 0.25) is 0 Å². The summed E-state index contributed by atoms with van der Waals surface area (Å²) in [5.74, 6) is -0.409. The van der Waals surface area contributed by atoms with Gasteiger partial charge < -0.3 is 10.2 Å². The van der Waals surface area contributed by atoms with Crippen LogP contribution in [0.25, 0.3) is 0 Å². The van der Waals surface area contributed by atoms with E-state index < -0.39 is 21.2 Å². The molecule has 1 fully saturated rings. The monoisotopic (exact) mass is 341 g/mol. The van der Waals surface area contributed by atoms with Gasteiger partial charge in [0.25, 0.3) is 0 Å². The van der Waals surface area contributed by atoms with Crippen LogP contribution in [0.4, 0.5) is 0 Å². The van der Waals surface area contributed by atoms with Crippen LogP contribution in [0.5, 0.6) is 0 Å². The zero-order valence-corrected chi connectivity index (χ0v) is 15.1. The van der Waals surface area contributed by atoms with Crippen molar-refractivity contribution in [1.29, 1.82) is 0 Å². The van der Waals surface area contributed by atoms with E-state index in [-0.39, 0.29) is 23.9 Å². The van der Waals surface area contributed by atoms with E-state index in [1.165, 1.54) is 11.8 Å². The lowest BCUT2D eigenvalue weighted by Gasteiger charge is -2.39. The van der Waals surface area contributed by atoms with Crippen molar-refractivity contribution in [2.75, 3.05) is 27.2 Å². The molecule has 2 atom stereocenters. The summed E-state index contributed by atoms with van der Waals surface area (Å²) in [4.78, 5) is 13.1. The van der Waals surface area contributed by atoms with E-state index in [9.17, 15) is 13.2 Å². The molecule has 126 valence electrons. The van der Waals surface area contributed by atoms with Crippen LogP contribution < -0.4 is 10.0 Å². The number of amides is 1. The maximum Gasteiger partial charge on any atom is 0.241 e. The Hall–Kier alpha value is -0.370. The number of hydrogen-bond donors (Lipinski definition) is 2. The molecule has 1 rings (SSSR count). The molecule has 1 heterocycles. The minimum atomic E-state index is -3.64. The Labute approximate surface area is 134 Å². The summed E-state index contributed by atoms with van der Waals surface area (Å²) in [5.41, 5.74) is 0.0512. The fourth-order valence-electron chi connectivity index (χ4n) is 2.44. The van der Waals surface area contributed by atoms with Gasteiger partial charge in [0.2, 0.25) is 15.9 Å². The van der Waals surface area contributed by atoms with Gasteiger partial charge in [0.1, 0.15) is 0 Å². The number of halogens is 1. The molecule has 1 saturated heterocycles. The molecule has 1 amide bonds. The van der Waals surface area contributed by atoms with E-state index in [1.807, 2.05) is 0 Å². The van der Waals surface area contributed by atoms with Crippen LogP contribution in [0, 0.1) is 5.41 Å². The first kappa shape index (κ1) is 20.6. The minimum Gasteiger partial charge on any atom is -0.348 e. The Morgan fingerprint density at radius 2 is 2.00 bits per heavy atom. The fraction of sp³-hybridized carbons (Fsp3) is 0.923. The van der Waals surface area contributed by atoms with E-state index in [2.05, 4.69) is 23.9 Å². The Bertz CT molecular complexity index is 452. The quantitative estimate of drug-likeness (QED) is 0.767. The first-order chi connectivity index (χ1) is 9.08. The van der Waals surface area contributed by atoms with Crippen LogP contribution in [0.3, 0.4) is 0 Å². The molecule has 0 aromatic rings. The third-order valence-corrected chi connectivity index (χ3v) is 5.78. The zero-order valence-electron chi connectivity index (χ0n) is 13.5. The lowest BCUT2D eigenvalue weighted by atomic mass is 9.78. The van der Waals surface area contributed by atoms with Crippen molar-refractivity contribution in [2.24, 2.45) is 5.41 Å². The minimum absolute atomic E-state index is 0. The molecule has 0 bridgehead atoms. The molecule has 2 N–H and O–H groups in total. The van der Waals surface area contributed by atoms with Gasteiger partial charge in [-0.3, -0.25) is 4.79 Å². The van der Waals surface area contributed by atoms with E-state index in [1.54, 1.807) is 14.1 Å². The Balaban J connectivity index is 0.00000400. The molecule has 0 radical (unpaired) electrons. The van der Waals surface area contributed by atoms with Gasteiger partial charge in [-0.25, -0.2) is 13.1 Å². The van der Waals surface area contributed by atoms with Gasteiger partial charge in [0.15, 0.2) is 5.25 Å². The van der Waals surface area contributed by atoms with Gasteiger partial charge >= 0.3 is 0 Å². The average molecular weight is 342 g/mol. The molecule has 0 aromatic heterocycles. The summed E-state index contributed by atoms with van der Waals surface area (Å²) in [6, 6.07) is 0.0904. The molecule has 0 saturated carbocycles. The first-order valence-electron chi connectivity index (χ1n) is 7.01. The average Bonchev–Trinajstić information content (AvgIpc) is 2.35. The van der Waals surface area contributed by atoms with Crippen molar-refractivity contribution in [3.63, 3.8) is 0 Å². The molecule has 0 spiro atoms. The summed E-state index contributed by atoms with van der Waals surface area (Å²) in [6.45, 7) is 6.91. The van der Waals surface area contributed by atoms with Crippen molar-refractivity contribution >= 4 is 28.3 Å². The van der Waals surface area contributed by atoms with Gasteiger partial charge in [0, 0.05) is 26.7 Å². The van der Waals surface area contributed by atoms with Gasteiger partial charge in [-0.2, -0.15) is 0 Å². The first-order valence-corrected chi connectivity index (χ1v) is 8.55. The Kier molecular flexibility index (Phi) is 7.62. The largest absolute Gasteiger partial charge is 0.348 e. The molecule has 2 unspecified atom stereocenters. The van der Waals surface area contributed by atoms with E-state index in [0.29, 0.717) is 6.54 Å². The van der Waals surface area contributed by atoms with Gasteiger partial charge in [0.05, 0.1) is 0 Å². The van der Waals surface area contributed by atoms with Crippen molar-refractivity contribution in [3.8, 4) is 0 Å².